The lowest BCUT2D eigenvalue weighted by atomic mass is 10.2. The van der Waals surface area contributed by atoms with Gasteiger partial charge in [0.15, 0.2) is 11.6 Å². The zero-order valence-electron chi connectivity index (χ0n) is 10.1. The molecule has 0 spiro atoms. The Morgan fingerprint density at radius 2 is 1.83 bits per heavy atom. The summed E-state index contributed by atoms with van der Waals surface area (Å²) in [4.78, 5) is 3.98. The van der Waals surface area contributed by atoms with Gasteiger partial charge in [-0.3, -0.25) is 0 Å². The Balaban J connectivity index is 2.46. The zero-order chi connectivity index (χ0) is 13.3. The number of rotatable bonds is 2. The Hall–Kier alpha value is -2.17. The third-order valence-corrected chi connectivity index (χ3v) is 2.74. The van der Waals surface area contributed by atoms with Crippen molar-refractivity contribution in [2.75, 3.05) is 11.1 Å². The second kappa shape index (κ2) is 4.60. The van der Waals surface area contributed by atoms with Gasteiger partial charge in [-0.15, -0.1) is 0 Å². The number of anilines is 3. The maximum atomic E-state index is 13.8. The average Bonchev–Trinajstić information content (AvgIpc) is 2.35. The molecule has 0 atom stereocenters. The van der Waals surface area contributed by atoms with Gasteiger partial charge in [0.25, 0.3) is 0 Å². The molecule has 2 rings (SSSR count). The highest BCUT2D eigenvalue weighted by Gasteiger charge is 2.13. The van der Waals surface area contributed by atoms with Gasteiger partial charge in [-0.05, 0) is 37.1 Å². The van der Waals surface area contributed by atoms with E-state index in [-0.39, 0.29) is 11.5 Å². The van der Waals surface area contributed by atoms with E-state index < -0.39 is 11.6 Å². The number of hydrogen-bond acceptors (Lipinski definition) is 3. The summed E-state index contributed by atoms with van der Waals surface area (Å²) in [5.41, 5.74) is 7.08. The first-order valence-corrected chi connectivity index (χ1v) is 5.43. The number of pyridine rings is 1. The fraction of sp³-hybridized carbons (Fsp3) is 0.154. The van der Waals surface area contributed by atoms with Crippen molar-refractivity contribution in [1.82, 2.24) is 4.98 Å². The lowest BCUT2D eigenvalue weighted by molar-refractivity contribution is 0.585. The van der Waals surface area contributed by atoms with Gasteiger partial charge in [-0.1, -0.05) is 6.07 Å². The van der Waals surface area contributed by atoms with Crippen molar-refractivity contribution in [1.29, 1.82) is 0 Å². The van der Waals surface area contributed by atoms with E-state index in [4.69, 9.17) is 5.73 Å². The van der Waals surface area contributed by atoms with E-state index in [0.717, 1.165) is 5.56 Å². The van der Waals surface area contributed by atoms with Gasteiger partial charge in [0, 0.05) is 6.20 Å². The number of aromatic nitrogens is 1. The van der Waals surface area contributed by atoms with Crippen LogP contribution in [0.3, 0.4) is 0 Å². The van der Waals surface area contributed by atoms with E-state index >= 15 is 0 Å². The normalized spacial score (nSPS) is 10.4. The molecule has 2 aromatic rings. The molecular formula is C13H13F2N3. The predicted octanol–water partition coefficient (Wildman–Crippen LogP) is 3.30. The molecule has 0 bridgehead atoms. The molecule has 0 unspecified atom stereocenters. The lowest BCUT2D eigenvalue weighted by Gasteiger charge is -2.12. The number of halogens is 2. The highest BCUT2D eigenvalue weighted by atomic mass is 19.1. The van der Waals surface area contributed by atoms with Crippen LogP contribution in [0.4, 0.5) is 26.0 Å². The second-order valence-corrected chi connectivity index (χ2v) is 4.07. The average molecular weight is 249 g/mol. The SMILES string of the molecule is Cc1ccnc(Nc2c(F)ccc(C)c2F)c1N. The largest absolute Gasteiger partial charge is 0.396 e. The summed E-state index contributed by atoms with van der Waals surface area (Å²) in [6.45, 7) is 3.36. The molecule has 0 fully saturated rings. The van der Waals surface area contributed by atoms with Gasteiger partial charge >= 0.3 is 0 Å². The Kier molecular flexibility index (Phi) is 3.14. The molecule has 0 aliphatic heterocycles. The Bertz CT molecular complexity index is 597. The first-order valence-electron chi connectivity index (χ1n) is 5.43. The number of nitrogens with two attached hydrogens (primary N) is 1. The summed E-state index contributed by atoms with van der Waals surface area (Å²) in [7, 11) is 0. The van der Waals surface area contributed by atoms with Crippen LogP contribution in [-0.4, -0.2) is 4.98 Å². The van der Waals surface area contributed by atoms with Crippen LogP contribution in [0.2, 0.25) is 0 Å². The maximum Gasteiger partial charge on any atom is 0.154 e. The van der Waals surface area contributed by atoms with Gasteiger partial charge in [-0.25, -0.2) is 13.8 Å². The molecule has 1 aromatic heterocycles. The lowest BCUT2D eigenvalue weighted by Crippen LogP contribution is -2.04. The number of nitrogens with one attached hydrogen (secondary N) is 1. The van der Waals surface area contributed by atoms with Crippen molar-refractivity contribution in [2.24, 2.45) is 0 Å². The molecule has 3 N–H and O–H groups in total. The monoisotopic (exact) mass is 249 g/mol. The summed E-state index contributed by atoms with van der Waals surface area (Å²) >= 11 is 0. The van der Waals surface area contributed by atoms with Crippen LogP contribution in [0.5, 0.6) is 0 Å². The third-order valence-electron chi connectivity index (χ3n) is 2.74. The van der Waals surface area contributed by atoms with Gasteiger partial charge in [0.05, 0.1) is 5.69 Å². The van der Waals surface area contributed by atoms with Gasteiger partial charge in [0.2, 0.25) is 0 Å². The van der Waals surface area contributed by atoms with Crippen LogP contribution in [0.1, 0.15) is 11.1 Å². The minimum Gasteiger partial charge on any atom is -0.396 e. The first kappa shape index (κ1) is 12.3. The van der Waals surface area contributed by atoms with Crippen LogP contribution < -0.4 is 11.1 Å². The molecule has 1 heterocycles. The molecule has 5 heteroatoms. The predicted molar refractivity (Wildman–Crippen MR) is 67.8 cm³/mol. The molecule has 0 aliphatic carbocycles. The molecule has 0 saturated heterocycles. The second-order valence-electron chi connectivity index (χ2n) is 4.07. The van der Waals surface area contributed by atoms with E-state index in [1.807, 2.05) is 0 Å². The van der Waals surface area contributed by atoms with Crippen molar-refractivity contribution in [3.05, 3.63) is 47.2 Å². The molecule has 0 radical (unpaired) electrons. The number of nitrogen functional groups attached to an aromatic ring is 1. The summed E-state index contributed by atoms with van der Waals surface area (Å²) < 4.78 is 27.4. The first-order chi connectivity index (χ1) is 8.50. The van der Waals surface area contributed by atoms with Crippen LogP contribution >= 0.6 is 0 Å². The van der Waals surface area contributed by atoms with Crippen molar-refractivity contribution in [2.45, 2.75) is 13.8 Å². The highest BCUT2D eigenvalue weighted by molar-refractivity contribution is 5.71. The fourth-order valence-electron chi connectivity index (χ4n) is 1.56. The molecular weight excluding hydrogens is 236 g/mol. The van der Waals surface area contributed by atoms with Crippen LogP contribution in [0, 0.1) is 25.5 Å². The summed E-state index contributed by atoms with van der Waals surface area (Å²) in [6, 6.07) is 4.30. The van der Waals surface area contributed by atoms with E-state index in [9.17, 15) is 8.78 Å². The quantitative estimate of drug-likeness (QED) is 0.858. The van der Waals surface area contributed by atoms with E-state index in [0.29, 0.717) is 11.3 Å². The Morgan fingerprint density at radius 3 is 2.56 bits per heavy atom. The molecule has 0 amide bonds. The standard InChI is InChI=1S/C13H13F2N3/c1-7-3-4-9(14)12(10(7)15)18-13-11(16)8(2)5-6-17-13/h3-6H,16H2,1-2H3,(H,17,18). The van der Waals surface area contributed by atoms with Crippen molar-refractivity contribution < 1.29 is 8.78 Å². The van der Waals surface area contributed by atoms with Crippen LogP contribution in [-0.2, 0) is 0 Å². The summed E-state index contributed by atoms with van der Waals surface area (Å²) in [5, 5.41) is 2.60. The number of aryl methyl sites for hydroxylation is 2. The van der Waals surface area contributed by atoms with E-state index in [1.54, 1.807) is 19.9 Å². The van der Waals surface area contributed by atoms with Crippen molar-refractivity contribution in [3.8, 4) is 0 Å². The summed E-state index contributed by atoms with van der Waals surface area (Å²) in [6.07, 6.45) is 1.53. The van der Waals surface area contributed by atoms with E-state index in [1.165, 1.54) is 18.3 Å². The molecule has 0 aliphatic rings. The minimum absolute atomic E-state index is 0.236. The summed E-state index contributed by atoms with van der Waals surface area (Å²) in [5.74, 6) is -1.07. The van der Waals surface area contributed by atoms with Gasteiger partial charge in [0.1, 0.15) is 11.5 Å². The molecule has 3 nitrogen and oxygen atoms in total. The molecule has 94 valence electrons. The topological polar surface area (TPSA) is 50.9 Å². The molecule has 1 aromatic carbocycles. The number of benzene rings is 1. The molecule has 18 heavy (non-hydrogen) atoms. The zero-order valence-corrected chi connectivity index (χ0v) is 10.1. The van der Waals surface area contributed by atoms with Crippen LogP contribution in [0.25, 0.3) is 0 Å². The van der Waals surface area contributed by atoms with Gasteiger partial charge < -0.3 is 11.1 Å². The third kappa shape index (κ3) is 2.11. The maximum absolute atomic E-state index is 13.8. The Labute approximate surface area is 104 Å². The number of hydrogen-bond donors (Lipinski definition) is 2. The van der Waals surface area contributed by atoms with Crippen molar-refractivity contribution in [3.63, 3.8) is 0 Å². The van der Waals surface area contributed by atoms with Crippen LogP contribution in [0.15, 0.2) is 24.4 Å². The highest BCUT2D eigenvalue weighted by Crippen LogP contribution is 2.28. The van der Waals surface area contributed by atoms with Crippen molar-refractivity contribution >= 4 is 17.2 Å². The minimum atomic E-state index is -0.680. The fourth-order valence-corrected chi connectivity index (χ4v) is 1.56. The van der Waals surface area contributed by atoms with Gasteiger partial charge in [-0.2, -0.15) is 0 Å². The number of nitrogens with zero attached hydrogens (tertiary/aromatic N) is 1. The van der Waals surface area contributed by atoms with E-state index in [2.05, 4.69) is 10.3 Å². The smallest absolute Gasteiger partial charge is 0.154 e. The Morgan fingerprint density at radius 1 is 1.11 bits per heavy atom. The molecule has 0 saturated carbocycles.